The van der Waals surface area contributed by atoms with E-state index in [0.717, 1.165) is 25.3 Å². The average molecular weight is 233 g/mol. The first kappa shape index (κ1) is 12.4. The van der Waals surface area contributed by atoms with Gasteiger partial charge in [-0.3, -0.25) is 0 Å². The van der Waals surface area contributed by atoms with Crippen LogP contribution in [-0.4, -0.2) is 12.6 Å². The number of ether oxygens (including phenoxy) is 1. The van der Waals surface area contributed by atoms with Crippen LogP contribution in [0.3, 0.4) is 0 Å². The molecule has 1 aliphatic heterocycles. The molecule has 0 saturated carbocycles. The molecule has 1 N–H and O–H groups in total. The maximum Gasteiger partial charge on any atom is 0.122 e. The summed E-state index contributed by atoms with van der Waals surface area (Å²) in [5.41, 5.74) is 3.01. The Morgan fingerprint density at radius 1 is 1.35 bits per heavy atom. The predicted molar refractivity (Wildman–Crippen MR) is 71.4 cm³/mol. The number of rotatable bonds is 3. The Morgan fingerprint density at radius 2 is 2.12 bits per heavy atom. The first-order chi connectivity index (χ1) is 7.97. The summed E-state index contributed by atoms with van der Waals surface area (Å²) in [6, 6.07) is 7.03. The van der Waals surface area contributed by atoms with E-state index in [2.05, 4.69) is 51.2 Å². The molecule has 0 aliphatic carbocycles. The smallest absolute Gasteiger partial charge is 0.122 e. The molecular formula is C15H23NO. The van der Waals surface area contributed by atoms with Gasteiger partial charge < -0.3 is 10.1 Å². The van der Waals surface area contributed by atoms with Crippen LogP contribution in [0.25, 0.3) is 0 Å². The van der Waals surface area contributed by atoms with Crippen molar-refractivity contribution in [3.8, 4) is 5.75 Å². The number of fused-ring (bicyclic) bond motifs is 1. The molecule has 1 aromatic carbocycles. The third kappa shape index (κ3) is 3.01. The predicted octanol–water partition coefficient (Wildman–Crippen LogP) is 3.15. The molecule has 1 aliphatic rings. The molecule has 1 heterocycles. The van der Waals surface area contributed by atoms with Crippen LogP contribution < -0.4 is 10.1 Å². The average Bonchev–Trinajstić information content (AvgIpc) is 2.71. The fraction of sp³-hybridized carbons (Fsp3) is 0.600. The van der Waals surface area contributed by atoms with E-state index in [4.69, 9.17) is 4.74 Å². The number of hydrogen-bond donors (Lipinski definition) is 1. The molecule has 0 aromatic heterocycles. The highest BCUT2D eigenvalue weighted by Crippen LogP contribution is 2.26. The molecule has 0 bridgehead atoms. The van der Waals surface area contributed by atoms with Crippen LogP contribution in [0.1, 0.15) is 38.8 Å². The van der Waals surface area contributed by atoms with Gasteiger partial charge in [0.05, 0.1) is 6.61 Å². The van der Waals surface area contributed by atoms with Crippen molar-refractivity contribution in [3.63, 3.8) is 0 Å². The number of benzene rings is 1. The maximum absolute atomic E-state index is 5.51. The lowest BCUT2D eigenvalue weighted by Gasteiger charge is -2.28. The van der Waals surface area contributed by atoms with Crippen molar-refractivity contribution in [2.24, 2.45) is 5.41 Å². The minimum atomic E-state index is 0.305. The summed E-state index contributed by atoms with van der Waals surface area (Å²) < 4.78 is 5.51. The minimum absolute atomic E-state index is 0.305. The van der Waals surface area contributed by atoms with E-state index in [1.165, 1.54) is 11.1 Å². The summed E-state index contributed by atoms with van der Waals surface area (Å²) in [6.07, 6.45) is 1.05. The van der Waals surface area contributed by atoms with Gasteiger partial charge in [-0.05, 0) is 29.5 Å². The Kier molecular flexibility index (Phi) is 3.43. The molecule has 0 fully saturated rings. The highest BCUT2D eigenvalue weighted by atomic mass is 16.5. The molecule has 2 heteroatoms. The lowest BCUT2D eigenvalue weighted by molar-refractivity contribution is 0.285. The third-order valence-electron chi connectivity index (χ3n) is 3.67. The molecule has 2 rings (SSSR count). The van der Waals surface area contributed by atoms with Gasteiger partial charge in [0.15, 0.2) is 0 Å². The van der Waals surface area contributed by atoms with Crippen LogP contribution in [0.4, 0.5) is 0 Å². The van der Waals surface area contributed by atoms with Crippen molar-refractivity contribution in [1.82, 2.24) is 5.32 Å². The summed E-state index contributed by atoms with van der Waals surface area (Å²) >= 11 is 0. The van der Waals surface area contributed by atoms with Gasteiger partial charge in [-0.25, -0.2) is 0 Å². The highest BCUT2D eigenvalue weighted by molar-refractivity contribution is 5.39. The van der Waals surface area contributed by atoms with E-state index in [-0.39, 0.29) is 0 Å². The van der Waals surface area contributed by atoms with Crippen LogP contribution in [0.2, 0.25) is 0 Å². The van der Waals surface area contributed by atoms with E-state index in [1.54, 1.807) is 0 Å². The zero-order valence-corrected chi connectivity index (χ0v) is 11.3. The summed E-state index contributed by atoms with van der Waals surface area (Å²) in [6.45, 7) is 10.8. The van der Waals surface area contributed by atoms with Crippen LogP contribution in [-0.2, 0) is 13.0 Å². The Morgan fingerprint density at radius 3 is 2.82 bits per heavy atom. The summed E-state index contributed by atoms with van der Waals surface area (Å²) in [5.74, 6) is 1.07. The standard InChI is InChI=1S/C15H23NO/c1-11(15(2,3)4)16-10-12-5-6-14-13(9-12)7-8-17-14/h5-6,9,11,16H,7-8,10H2,1-4H3. The Labute approximate surface area is 104 Å². The fourth-order valence-electron chi connectivity index (χ4n) is 1.93. The van der Waals surface area contributed by atoms with Crippen molar-refractivity contribution >= 4 is 0 Å². The van der Waals surface area contributed by atoms with E-state index < -0.39 is 0 Å². The van der Waals surface area contributed by atoms with Crippen LogP contribution in [0, 0.1) is 5.41 Å². The fourth-order valence-corrected chi connectivity index (χ4v) is 1.93. The van der Waals surface area contributed by atoms with Gasteiger partial charge in [0, 0.05) is 19.0 Å². The summed E-state index contributed by atoms with van der Waals surface area (Å²) in [7, 11) is 0. The molecule has 1 unspecified atom stereocenters. The highest BCUT2D eigenvalue weighted by Gasteiger charge is 2.19. The van der Waals surface area contributed by atoms with Crippen molar-refractivity contribution < 1.29 is 4.74 Å². The van der Waals surface area contributed by atoms with Gasteiger partial charge in [0.25, 0.3) is 0 Å². The summed E-state index contributed by atoms with van der Waals surface area (Å²) in [4.78, 5) is 0. The number of nitrogens with one attached hydrogen (secondary N) is 1. The second-order valence-electron chi connectivity index (χ2n) is 6.01. The van der Waals surface area contributed by atoms with Crippen molar-refractivity contribution in [2.45, 2.75) is 46.7 Å². The molecule has 0 saturated heterocycles. The van der Waals surface area contributed by atoms with E-state index in [0.29, 0.717) is 11.5 Å². The Hall–Kier alpha value is -1.02. The van der Waals surface area contributed by atoms with Crippen molar-refractivity contribution in [1.29, 1.82) is 0 Å². The van der Waals surface area contributed by atoms with Gasteiger partial charge in [-0.2, -0.15) is 0 Å². The summed E-state index contributed by atoms with van der Waals surface area (Å²) in [5, 5.41) is 3.59. The second kappa shape index (κ2) is 4.69. The van der Waals surface area contributed by atoms with E-state index in [9.17, 15) is 0 Å². The van der Waals surface area contributed by atoms with Gasteiger partial charge in [-0.1, -0.05) is 32.9 Å². The van der Waals surface area contributed by atoms with Gasteiger partial charge >= 0.3 is 0 Å². The molecule has 1 atom stereocenters. The Balaban J connectivity index is 1.96. The largest absolute Gasteiger partial charge is 0.493 e. The lowest BCUT2D eigenvalue weighted by Crippen LogP contribution is -2.37. The third-order valence-corrected chi connectivity index (χ3v) is 3.67. The van der Waals surface area contributed by atoms with Crippen molar-refractivity contribution in [2.75, 3.05) is 6.61 Å². The molecule has 0 amide bonds. The van der Waals surface area contributed by atoms with Gasteiger partial charge in [0.1, 0.15) is 5.75 Å². The molecule has 1 aromatic rings. The minimum Gasteiger partial charge on any atom is -0.493 e. The number of hydrogen-bond acceptors (Lipinski definition) is 2. The molecular weight excluding hydrogens is 210 g/mol. The maximum atomic E-state index is 5.51. The van der Waals surface area contributed by atoms with Gasteiger partial charge in [-0.15, -0.1) is 0 Å². The van der Waals surface area contributed by atoms with Crippen molar-refractivity contribution in [3.05, 3.63) is 29.3 Å². The zero-order chi connectivity index (χ0) is 12.5. The zero-order valence-electron chi connectivity index (χ0n) is 11.3. The quantitative estimate of drug-likeness (QED) is 0.866. The van der Waals surface area contributed by atoms with E-state index >= 15 is 0 Å². The lowest BCUT2D eigenvalue weighted by atomic mass is 9.88. The second-order valence-corrected chi connectivity index (χ2v) is 6.01. The molecule has 94 valence electrons. The SMILES string of the molecule is CC(NCc1ccc2c(c1)CCO2)C(C)(C)C. The van der Waals surface area contributed by atoms with Gasteiger partial charge in [0.2, 0.25) is 0 Å². The molecule has 0 radical (unpaired) electrons. The van der Waals surface area contributed by atoms with Crippen LogP contribution >= 0.6 is 0 Å². The first-order valence-corrected chi connectivity index (χ1v) is 6.45. The molecule has 2 nitrogen and oxygen atoms in total. The first-order valence-electron chi connectivity index (χ1n) is 6.45. The Bertz CT molecular complexity index is 392. The van der Waals surface area contributed by atoms with Crippen LogP contribution in [0.15, 0.2) is 18.2 Å². The normalized spacial score (nSPS) is 16.5. The molecule has 0 spiro atoms. The van der Waals surface area contributed by atoms with Crippen LogP contribution in [0.5, 0.6) is 5.75 Å². The molecule has 17 heavy (non-hydrogen) atoms. The van der Waals surface area contributed by atoms with E-state index in [1.807, 2.05) is 0 Å². The monoisotopic (exact) mass is 233 g/mol. The topological polar surface area (TPSA) is 21.3 Å².